The number of aliphatic hydroxyl groups excluding tert-OH is 3. The molecule has 0 spiro atoms. The van der Waals surface area contributed by atoms with Gasteiger partial charge in [0.2, 0.25) is 0 Å². The molecular weight excluding hydrogens is 228 g/mol. The Balaban J connectivity index is 2.37. The van der Waals surface area contributed by atoms with Gasteiger partial charge in [0.15, 0.2) is 6.10 Å². The summed E-state index contributed by atoms with van der Waals surface area (Å²) < 4.78 is 12.9. The third-order valence-electron chi connectivity index (χ3n) is 2.51. The van der Waals surface area contributed by atoms with Crippen molar-refractivity contribution in [3.8, 4) is 0 Å². The molecule has 2 aliphatic heterocycles. The molecule has 16 heavy (non-hydrogen) atoms. The summed E-state index contributed by atoms with van der Waals surface area (Å²) in [5.74, 6) is -5.90. The SMILES string of the molecule is O=C1OC2(O)O[C@H](CO)[C@@H](O)[C@H](O)[C@@]2(O)O1. The smallest absolute Gasteiger partial charge is 0.394 e. The Labute approximate surface area is 88.4 Å². The minimum atomic E-state index is -2.96. The standard InChI is InChI=1S/C7H10O9/c8-1-2-3(9)4(10)6(12)7(13,14-2)16-5(11)15-6/h2-4,8-10,12-13H,1H2/t2-,3-,4+,6-,7?/m1/s1. The predicted molar refractivity (Wildman–Crippen MR) is 41.4 cm³/mol. The van der Waals surface area contributed by atoms with Crippen molar-refractivity contribution in [1.82, 2.24) is 0 Å². The molecule has 0 radical (unpaired) electrons. The van der Waals surface area contributed by atoms with Gasteiger partial charge in [0.1, 0.15) is 12.2 Å². The van der Waals surface area contributed by atoms with Crippen LogP contribution in [0.2, 0.25) is 0 Å². The van der Waals surface area contributed by atoms with Crippen LogP contribution in [-0.2, 0) is 14.2 Å². The number of aliphatic hydroxyl groups is 5. The van der Waals surface area contributed by atoms with Crippen molar-refractivity contribution in [2.45, 2.75) is 30.1 Å². The molecule has 1 unspecified atom stereocenters. The molecule has 0 aromatic carbocycles. The third-order valence-corrected chi connectivity index (χ3v) is 2.51. The van der Waals surface area contributed by atoms with Crippen LogP contribution in [0.25, 0.3) is 0 Å². The minimum Gasteiger partial charge on any atom is -0.394 e. The van der Waals surface area contributed by atoms with E-state index in [9.17, 15) is 25.2 Å². The maximum atomic E-state index is 10.8. The summed E-state index contributed by atoms with van der Waals surface area (Å²) in [6.07, 6.45) is -6.76. The van der Waals surface area contributed by atoms with Gasteiger partial charge >= 0.3 is 17.9 Å². The normalized spacial score (nSPS) is 51.8. The lowest BCUT2D eigenvalue weighted by atomic mass is 9.94. The quantitative estimate of drug-likeness (QED) is 0.295. The highest BCUT2D eigenvalue weighted by Crippen LogP contribution is 2.42. The van der Waals surface area contributed by atoms with Crippen LogP contribution in [0.5, 0.6) is 0 Å². The van der Waals surface area contributed by atoms with Gasteiger partial charge in [-0.15, -0.1) is 0 Å². The van der Waals surface area contributed by atoms with Gasteiger partial charge in [-0.25, -0.2) is 4.79 Å². The van der Waals surface area contributed by atoms with Crippen LogP contribution in [0.15, 0.2) is 0 Å². The summed E-state index contributed by atoms with van der Waals surface area (Å²) >= 11 is 0. The van der Waals surface area contributed by atoms with E-state index in [1.807, 2.05) is 0 Å². The topological polar surface area (TPSA) is 146 Å². The first-order valence-electron chi connectivity index (χ1n) is 4.35. The first-order chi connectivity index (χ1) is 7.34. The Morgan fingerprint density at radius 1 is 1.25 bits per heavy atom. The van der Waals surface area contributed by atoms with Gasteiger partial charge in [0.05, 0.1) is 6.61 Å². The molecule has 2 aliphatic rings. The zero-order valence-corrected chi connectivity index (χ0v) is 7.81. The Bertz CT molecular complexity index is 319. The molecule has 0 saturated carbocycles. The highest BCUT2D eigenvalue weighted by atomic mass is 17.0. The lowest BCUT2D eigenvalue weighted by Gasteiger charge is -2.44. The van der Waals surface area contributed by atoms with Crippen molar-refractivity contribution in [3.63, 3.8) is 0 Å². The molecule has 0 aromatic rings. The van der Waals surface area contributed by atoms with Crippen LogP contribution in [0.3, 0.4) is 0 Å². The van der Waals surface area contributed by atoms with Gasteiger partial charge in [-0.05, 0) is 0 Å². The molecule has 92 valence electrons. The Morgan fingerprint density at radius 3 is 2.44 bits per heavy atom. The summed E-state index contributed by atoms with van der Waals surface area (Å²) in [5.41, 5.74) is 0. The fraction of sp³-hybridized carbons (Fsp3) is 0.857. The van der Waals surface area contributed by atoms with E-state index in [-0.39, 0.29) is 0 Å². The molecule has 5 atom stereocenters. The molecule has 0 amide bonds. The zero-order valence-electron chi connectivity index (χ0n) is 7.81. The summed E-state index contributed by atoms with van der Waals surface area (Å²) in [4.78, 5) is 10.8. The number of hydrogen-bond donors (Lipinski definition) is 5. The summed E-state index contributed by atoms with van der Waals surface area (Å²) in [7, 11) is 0. The van der Waals surface area contributed by atoms with Crippen molar-refractivity contribution in [1.29, 1.82) is 0 Å². The first-order valence-corrected chi connectivity index (χ1v) is 4.35. The molecule has 2 fully saturated rings. The van der Waals surface area contributed by atoms with Crippen molar-refractivity contribution < 1.29 is 44.5 Å². The lowest BCUT2D eigenvalue weighted by Crippen LogP contribution is -2.71. The first kappa shape index (κ1) is 11.5. The van der Waals surface area contributed by atoms with Crippen molar-refractivity contribution in [2.24, 2.45) is 0 Å². The van der Waals surface area contributed by atoms with Gasteiger partial charge < -0.3 is 39.7 Å². The molecular formula is C7H10O9. The van der Waals surface area contributed by atoms with E-state index in [0.29, 0.717) is 0 Å². The van der Waals surface area contributed by atoms with Crippen LogP contribution < -0.4 is 0 Å². The number of carbonyl (C=O) groups excluding carboxylic acids is 1. The van der Waals surface area contributed by atoms with E-state index in [4.69, 9.17) is 5.11 Å². The third kappa shape index (κ3) is 1.24. The monoisotopic (exact) mass is 238 g/mol. The second-order valence-corrected chi connectivity index (χ2v) is 3.51. The van der Waals surface area contributed by atoms with Crippen LogP contribution >= 0.6 is 0 Å². The van der Waals surface area contributed by atoms with E-state index < -0.39 is 42.8 Å². The maximum Gasteiger partial charge on any atom is 0.515 e. The van der Waals surface area contributed by atoms with Crippen LogP contribution in [0, 0.1) is 0 Å². The number of ether oxygens (including phenoxy) is 3. The zero-order chi connectivity index (χ0) is 12.1. The highest BCUT2D eigenvalue weighted by molar-refractivity contribution is 5.63. The fourth-order valence-corrected chi connectivity index (χ4v) is 1.61. The van der Waals surface area contributed by atoms with Gasteiger partial charge in [0, 0.05) is 0 Å². The predicted octanol–water partition coefficient (Wildman–Crippen LogP) is -3.40. The van der Waals surface area contributed by atoms with Crippen molar-refractivity contribution in [3.05, 3.63) is 0 Å². The van der Waals surface area contributed by atoms with Gasteiger partial charge in [-0.1, -0.05) is 0 Å². The highest BCUT2D eigenvalue weighted by Gasteiger charge is 2.74. The number of fused-ring (bicyclic) bond motifs is 1. The van der Waals surface area contributed by atoms with Gasteiger partial charge in [-0.2, -0.15) is 0 Å². The molecule has 0 aliphatic carbocycles. The molecule has 5 N–H and O–H groups in total. The average Bonchev–Trinajstić information content (AvgIpc) is 2.44. The molecule has 2 saturated heterocycles. The Hall–Kier alpha value is -0.970. The van der Waals surface area contributed by atoms with Crippen LogP contribution in [-0.4, -0.2) is 68.4 Å². The second kappa shape index (κ2) is 3.26. The van der Waals surface area contributed by atoms with Crippen LogP contribution in [0.1, 0.15) is 0 Å². The van der Waals surface area contributed by atoms with Crippen molar-refractivity contribution in [2.75, 3.05) is 6.61 Å². The van der Waals surface area contributed by atoms with Gasteiger partial charge in [-0.3, -0.25) is 0 Å². The molecule has 2 heterocycles. The summed E-state index contributed by atoms with van der Waals surface area (Å²) in [6.45, 7) is -0.770. The number of rotatable bonds is 1. The van der Waals surface area contributed by atoms with Crippen LogP contribution in [0.4, 0.5) is 4.79 Å². The number of hydrogen-bond acceptors (Lipinski definition) is 9. The molecule has 0 aromatic heterocycles. The molecule has 9 nitrogen and oxygen atoms in total. The summed E-state index contributed by atoms with van der Waals surface area (Å²) in [5, 5.41) is 46.9. The summed E-state index contributed by atoms with van der Waals surface area (Å²) in [6, 6.07) is 0. The minimum absolute atomic E-state index is 0.770. The molecule has 0 bridgehead atoms. The molecule has 2 rings (SSSR count). The van der Waals surface area contributed by atoms with E-state index in [0.717, 1.165) is 0 Å². The molecule has 9 heteroatoms. The van der Waals surface area contributed by atoms with E-state index in [1.165, 1.54) is 0 Å². The maximum absolute atomic E-state index is 10.8. The van der Waals surface area contributed by atoms with Crippen molar-refractivity contribution >= 4 is 6.16 Å². The second-order valence-electron chi connectivity index (χ2n) is 3.51. The van der Waals surface area contributed by atoms with E-state index >= 15 is 0 Å². The Morgan fingerprint density at radius 2 is 1.88 bits per heavy atom. The van der Waals surface area contributed by atoms with E-state index in [2.05, 4.69) is 14.2 Å². The van der Waals surface area contributed by atoms with E-state index in [1.54, 1.807) is 0 Å². The fourth-order valence-electron chi connectivity index (χ4n) is 1.61. The Kier molecular flexibility index (Phi) is 2.35. The largest absolute Gasteiger partial charge is 0.515 e. The lowest BCUT2D eigenvalue weighted by molar-refractivity contribution is -0.475. The number of carbonyl (C=O) groups is 1. The average molecular weight is 238 g/mol. The van der Waals surface area contributed by atoms with Gasteiger partial charge in [0.25, 0.3) is 0 Å².